The van der Waals surface area contributed by atoms with E-state index >= 15 is 0 Å². The highest BCUT2D eigenvalue weighted by Gasteiger charge is 2.21. The molecule has 0 bridgehead atoms. The summed E-state index contributed by atoms with van der Waals surface area (Å²) in [6.45, 7) is -0.933. The molecule has 3 rings (SSSR count). The zero-order valence-electron chi connectivity index (χ0n) is 12.8. The number of nitrogens with zero attached hydrogens (tertiary/aromatic N) is 3. The molecule has 1 amide bonds. The molecule has 0 radical (unpaired) electrons. The van der Waals surface area contributed by atoms with Crippen LogP contribution in [0.4, 0.5) is 13.9 Å². The van der Waals surface area contributed by atoms with Crippen LogP contribution in [0.2, 0.25) is 0 Å². The van der Waals surface area contributed by atoms with Crippen molar-refractivity contribution < 1.29 is 13.6 Å². The molecule has 5 nitrogen and oxygen atoms in total. The van der Waals surface area contributed by atoms with Crippen molar-refractivity contribution in [3.63, 3.8) is 0 Å². The molecule has 1 N–H and O–H groups in total. The molecule has 0 atom stereocenters. The van der Waals surface area contributed by atoms with Gasteiger partial charge in [0.05, 0.1) is 10.6 Å². The molecule has 124 valence electrons. The lowest BCUT2D eigenvalue weighted by molar-refractivity contribution is -0.117. The molecule has 8 heteroatoms. The number of hydrogen-bond donors (Lipinski definition) is 1. The van der Waals surface area contributed by atoms with E-state index in [2.05, 4.69) is 15.3 Å². The van der Waals surface area contributed by atoms with Gasteiger partial charge in [0, 0.05) is 18.8 Å². The van der Waals surface area contributed by atoms with Crippen molar-refractivity contribution in [1.29, 1.82) is 0 Å². The van der Waals surface area contributed by atoms with Gasteiger partial charge in [-0.15, -0.1) is 0 Å². The molecule has 1 fully saturated rings. The largest absolute Gasteiger partial charge is 0.320 e. The predicted molar refractivity (Wildman–Crippen MR) is 84.5 cm³/mol. The van der Waals surface area contributed by atoms with Crippen LogP contribution in [0, 0.1) is 12.8 Å². The Kier molecular flexibility index (Phi) is 4.70. The van der Waals surface area contributed by atoms with Gasteiger partial charge in [-0.25, -0.2) is 9.97 Å². The SMILES string of the molecule is Cc1nc(NC(=O)CC2CCCC2)sc1-c1nccn1C(F)F. The third-order valence-corrected chi connectivity index (χ3v) is 5.14. The van der Waals surface area contributed by atoms with Gasteiger partial charge in [-0.1, -0.05) is 24.2 Å². The molecule has 0 saturated heterocycles. The highest BCUT2D eigenvalue weighted by atomic mass is 32.1. The van der Waals surface area contributed by atoms with Crippen LogP contribution in [0.1, 0.15) is 44.3 Å². The van der Waals surface area contributed by atoms with Crippen molar-refractivity contribution in [2.45, 2.75) is 45.6 Å². The molecule has 0 unspecified atom stereocenters. The number of carbonyl (C=O) groups is 1. The first kappa shape index (κ1) is 16.0. The zero-order chi connectivity index (χ0) is 16.4. The summed E-state index contributed by atoms with van der Waals surface area (Å²) in [6, 6.07) is 0. The summed E-state index contributed by atoms with van der Waals surface area (Å²) in [5.74, 6) is 0.564. The number of thiazole rings is 1. The van der Waals surface area contributed by atoms with Crippen LogP contribution in [0.25, 0.3) is 10.7 Å². The van der Waals surface area contributed by atoms with Gasteiger partial charge in [0.15, 0.2) is 11.0 Å². The van der Waals surface area contributed by atoms with Crippen molar-refractivity contribution >= 4 is 22.4 Å². The van der Waals surface area contributed by atoms with E-state index in [1.807, 2.05) is 0 Å². The number of imidazole rings is 1. The van der Waals surface area contributed by atoms with E-state index in [-0.39, 0.29) is 11.7 Å². The van der Waals surface area contributed by atoms with Crippen LogP contribution in [-0.2, 0) is 4.79 Å². The second-order valence-electron chi connectivity index (χ2n) is 5.77. The molecule has 23 heavy (non-hydrogen) atoms. The first-order valence-electron chi connectivity index (χ1n) is 7.63. The fraction of sp³-hybridized carbons (Fsp3) is 0.533. The Balaban J connectivity index is 1.73. The smallest absolute Gasteiger partial charge is 0.302 e. The quantitative estimate of drug-likeness (QED) is 0.886. The maximum Gasteiger partial charge on any atom is 0.320 e. The number of aromatic nitrogens is 3. The van der Waals surface area contributed by atoms with E-state index in [4.69, 9.17) is 0 Å². The lowest BCUT2D eigenvalue weighted by Crippen LogP contribution is -2.14. The fourth-order valence-electron chi connectivity index (χ4n) is 2.95. The second kappa shape index (κ2) is 6.74. The van der Waals surface area contributed by atoms with Crippen LogP contribution >= 0.6 is 11.3 Å². The second-order valence-corrected chi connectivity index (χ2v) is 6.77. The number of amides is 1. The molecular weight excluding hydrogens is 322 g/mol. The molecule has 1 aliphatic rings. The number of carbonyl (C=O) groups excluding carboxylic acids is 1. The molecule has 2 aromatic rings. The first-order valence-corrected chi connectivity index (χ1v) is 8.45. The Morgan fingerprint density at radius 2 is 2.22 bits per heavy atom. The first-order chi connectivity index (χ1) is 11.0. The molecular formula is C15H18F2N4OS. The Bertz CT molecular complexity index is 691. The maximum absolute atomic E-state index is 13.0. The van der Waals surface area contributed by atoms with Gasteiger partial charge in [0.2, 0.25) is 5.91 Å². The van der Waals surface area contributed by atoms with Gasteiger partial charge in [0.25, 0.3) is 0 Å². The lowest BCUT2D eigenvalue weighted by Gasteiger charge is -2.07. The number of rotatable bonds is 5. The Morgan fingerprint density at radius 3 is 2.91 bits per heavy atom. The van der Waals surface area contributed by atoms with Crippen LogP contribution in [0.3, 0.4) is 0 Å². The molecule has 0 spiro atoms. The average Bonchev–Trinajstić information content (AvgIpc) is 3.19. The Labute approximate surface area is 136 Å². The van der Waals surface area contributed by atoms with E-state index in [1.54, 1.807) is 6.92 Å². The fourth-order valence-corrected chi connectivity index (χ4v) is 3.93. The van der Waals surface area contributed by atoms with Gasteiger partial charge in [-0.2, -0.15) is 8.78 Å². The Morgan fingerprint density at radius 1 is 1.48 bits per heavy atom. The highest BCUT2D eigenvalue weighted by Crippen LogP contribution is 2.34. The Hall–Kier alpha value is -1.83. The van der Waals surface area contributed by atoms with E-state index in [9.17, 15) is 13.6 Å². The number of aryl methyl sites for hydroxylation is 1. The van der Waals surface area contributed by atoms with Crippen molar-refractivity contribution in [2.75, 3.05) is 5.32 Å². The summed E-state index contributed by atoms with van der Waals surface area (Å²) in [7, 11) is 0. The van der Waals surface area contributed by atoms with E-state index in [1.165, 1.54) is 36.6 Å². The summed E-state index contributed by atoms with van der Waals surface area (Å²) in [6.07, 6.45) is 7.64. The van der Waals surface area contributed by atoms with Crippen molar-refractivity contribution in [1.82, 2.24) is 14.5 Å². The van der Waals surface area contributed by atoms with Gasteiger partial charge in [-0.3, -0.25) is 9.36 Å². The van der Waals surface area contributed by atoms with Gasteiger partial charge in [-0.05, 0) is 25.7 Å². The molecule has 1 saturated carbocycles. The molecule has 0 aromatic carbocycles. The van der Waals surface area contributed by atoms with Crippen LogP contribution in [0.15, 0.2) is 12.4 Å². The van der Waals surface area contributed by atoms with Crippen LogP contribution in [-0.4, -0.2) is 20.4 Å². The topological polar surface area (TPSA) is 59.8 Å². The molecule has 0 aliphatic heterocycles. The minimum atomic E-state index is -2.66. The predicted octanol–water partition coefficient (Wildman–Crippen LogP) is 4.23. The lowest BCUT2D eigenvalue weighted by atomic mass is 10.0. The third-order valence-electron chi connectivity index (χ3n) is 4.07. The number of alkyl halides is 2. The number of halogens is 2. The minimum Gasteiger partial charge on any atom is -0.302 e. The summed E-state index contributed by atoms with van der Waals surface area (Å²) >= 11 is 1.18. The van der Waals surface area contributed by atoms with E-state index < -0.39 is 6.55 Å². The van der Waals surface area contributed by atoms with Crippen molar-refractivity contribution in [3.05, 3.63) is 18.1 Å². The normalized spacial score (nSPS) is 15.5. The summed E-state index contributed by atoms with van der Waals surface area (Å²) < 4.78 is 26.7. The van der Waals surface area contributed by atoms with Crippen molar-refractivity contribution in [2.24, 2.45) is 5.92 Å². The van der Waals surface area contributed by atoms with Gasteiger partial charge < -0.3 is 5.32 Å². The summed E-state index contributed by atoms with van der Waals surface area (Å²) in [5.41, 5.74) is 0.583. The van der Waals surface area contributed by atoms with Gasteiger partial charge in [0.1, 0.15) is 0 Å². The molecule has 1 aliphatic carbocycles. The summed E-state index contributed by atoms with van der Waals surface area (Å²) in [5, 5.41) is 3.22. The van der Waals surface area contributed by atoms with Gasteiger partial charge >= 0.3 is 6.55 Å². The van der Waals surface area contributed by atoms with E-state index in [0.29, 0.717) is 28.0 Å². The minimum absolute atomic E-state index is 0.0607. The molecule has 2 heterocycles. The zero-order valence-corrected chi connectivity index (χ0v) is 13.6. The summed E-state index contributed by atoms with van der Waals surface area (Å²) in [4.78, 5) is 20.9. The number of nitrogens with one attached hydrogen (secondary N) is 1. The highest BCUT2D eigenvalue weighted by molar-refractivity contribution is 7.19. The van der Waals surface area contributed by atoms with Crippen LogP contribution in [0.5, 0.6) is 0 Å². The standard InChI is InChI=1S/C15H18F2N4OS/c1-9-12(13-18-6-7-21(13)14(16)17)23-15(19-9)20-11(22)8-10-4-2-3-5-10/h6-7,10,14H,2-5,8H2,1H3,(H,19,20,22). The number of hydrogen-bond acceptors (Lipinski definition) is 4. The third kappa shape index (κ3) is 3.57. The maximum atomic E-state index is 13.0. The molecule has 2 aromatic heterocycles. The van der Waals surface area contributed by atoms with Crippen molar-refractivity contribution in [3.8, 4) is 10.7 Å². The average molecular weight is 340 g/mol. The number of anilines is 1. The monoisotopic (exact) mass is 340 g/mol. The van der Waals surface area contributed by atoms with Crippen LogP contribution < -0.4 is 5.32 Å². The van der Waals surface area contributed by atoms with E-state index in [0.717, 1.165) is 17.4 Å².